The smallest absolute Gasteiger partial charge is 0.240 e. The first-order valence-electron chi connectivity index (χ1n) is 7.06. The maximum Gasteiger partial charge on any atom is 0.240 e. The van der Waals surface area contributed by atoms with Crippen molar-refractivity contribution in [1.82, 2.24) is 15.0 Å². The molecule has 7 heteroatoms. The molecule has 0 saturated carbocycles. The molecular formula is C15H19Cl2N3O2. The zero-order valence-corrected chi connectivity index (χ0v) is 14.4. The van der Waals surface area contributed by atoms with E-state index in [0.717, 1.165) is 5.56 Å². The predicted octanol–water partition coefficient (Wildman–Crippen LogP) is 4.11. The van der Waals surface area contributed by atoms with Gasteiger partial charge in [-0.3, -0.25) is 4.90 Å². The van der Waals surface area contributed by atoms with Gasteiger partial charge in [0.15, 0.2) is 5.82 Å². The van der Waals surface area contributed by atoms with Crippen LogP contribution in [0.5, 0.6) is 0 Å². The van der Waals surface area contributed by atoms with Gasteiger partial charge in [0.05, 0.1) is 16.6 Å². The van der Waals surface area contributed by atoms with E-state index in [1.165, 1.54) is 0 Å². The Kier molecular flexibility index (Phi) is 6.20. The lowest BCUT2D eigenvalue weighted by atomic mass is 10.2. The van der Waals surface area contributed by atoms with Crippen LogP contribution in [-0.2, 0) is 17.8 Å². The molecule has 0 saturated heterocycles. The Bertz CT molecular complexity index is 619. The van der Waals surface area contributed by atoms with Gasteiger partial charge in [-0.25, -0.2) is 0 Å². The van der Waals surface area contributed by atoms with E-state index in [4.69, 9.17) is 32.5 Å². The number of nitrogens with zero attached hydrogens (tertiary/aromatic N) is 3. The Morgan fingerprint density at radius 3 is 2.82 bits per heavy atom. The number of ether oxygens (including phenoxy) is 1. The van der Waals surface area contributed by atoms with Gasteiger partial charge < -0.3 is 9.26 Å². The number of benzene rings is 1. The SMILES string of the molecule is CCO[C@@H](C)c1noc(CN(C)Cc2cccc(Cl)c2Cl)n1. The van der Waals surface area contributed by atoms with Crippen LogP contribution in [0.4, 0.5) is 0 Å². The van der Waals surface area contributed by atoms with Gasteiger partial charge in [-0.1, -0.05) is 40.5 Å². The first-order valence-corrected chi connectivity index (χ1v) is 7.82. The van der Waals surface area contributed by atoms with Crippen LogP contribution in [0.3, 0.4) is 0 Å². The van der Waals surface area contributed by atoms with Crippen LogP contribution in [0, 0.1) is 0 Å². The first kappa shape index (κ1) is 17.2. The van der Waals surface area contributed by atoms with Gasteiger partial charge in [0.25, 0.3) is 0 Å². The summed E-state index contributed by atoms with van der Waals surface area (Å²) in [6.45, 7) is 5.60. The summed E-state index contributed by atoms with van der Waals surface area (Å²) in [5, 5.41) is 5.07. The number of hydrogen-bond donors (Lipinski definition) is 0. The molecule has 1 atom stereocenters. The van der Waals surface area contributed by atoms with Gasteiger partial charge in [0.2, 0.25) is 5.89 Å². The van der Waals surface area contributed by atoms with E-state index >= 15 is 0 Å². The molecular weight excluding hydrogens is 325 g/mol. The largest absolute Gasteiger partial charge is 0.371 e. The third kappa shape index (κ3) is 4.43. The maximum atomic E-state index is 6.19. The van der Waals surface area contributed by atoms with Gasteiger partial charge in [-0.15, -0.1) is 0 Å². The van der Waals surface area contributed by atoms with Crippen LogP contribution in [0.15, 0.2) is 22.7 Å². The van der Waals surface area contributed by atoms with E-state index in [1.807, 2.05) is 37.9 Å². The van der Waals surface area contributed by atoms with E-state index in [1.54, 1.807) is 6.07 Å². The van der Waals surface area contributed by atoms with Gasteiger partial charge >= 0.3 is 0 Å². The van der Waals surface area contributed by atoms with E-state index in [9.17, 15) is 0 Å². The molecule has 0 unspecified atom stereocenters. The van der Waals surface area contributed by atoms with Crippen LogP contribution < -0.4 is 0 Å². The number of aromatic nitrogens is 2. The Balaban J connectivity index is 1.97. The number of hydrogen-bond acceptors (Lipinski definition) is 5. The first-order chi connectivity index (χ1) is 10.5. The highest BCUT2D eigenvalue weighted by Crippen LogP contribution is 2.26. The molecule has 0 bridgehead atoms. The summed E-state index contributed by atoms with van der Waals surface area (Å²) in [6, 6.07) is 5.60. The molecule has 0 radical (unpaired) electrons. The van der Waals surface area contributed by atoms with Crippen LogP contribution in [0.25, 0.3) is 0 Å². The number of halogens is 2. The highest BCUT2D eigenvalue weighted by Gasteiger charge is 2.15. The molecule has 1 heterocycles. The Morgan fingerprint density at radius 1 is 1.32 bits per heavy atom. The molecule has 0 aliphatic carbocycles. The van der Waals surface area contributed by atoms with Crippen molar-refractivity contribution in [2.45, 2.75) is 33.0 Å². The summed E-state index contributed by atoms with van der Waals surface area (Å²) in [7, 11) is 1.95. The van der Waals surface area contributed by atoms with Crippen molar-refractivity contribution in [3.8, 4) is 0 Å². The Morgan fingerprint density at radius 2 is 2.09 bits per heavy atom. The van der Waals surface area contributed by atoms with E-state index < -0.39 is 0 Å². The molecule has 0 fully saturated rings. The summed E-state index contributed by atoms with van der Waals surface area (Å²) in [4.78, 5) is 6.37. The van der Waals surface area contributed by atoms with Crippen molar-refractivity contribution in [1.29, 1.82) is 0 Å². The molecule has 22 heavy (non-hydrogen) atoms. The van der Waals surface area contributed by atoms with Crippen molar-refractivity contribution in [3.05, 3.63) is 45.5 Å². The monoisotopic (exact) mass is 343 g/mol. The fourth-order valence-electron chi connectivity index (χ4n) is 2.07. The third-order valence-corrected chi connectivity index (χ3v) is 4.00. The minimum absolute atomic E-state index is 0.171. The molecule has 0 aliphatic rings. The van der Waals surface area contributed by atoms with Crippen molar-refractivity contribution in [3.63, 3.8) is 0 Å². The van der Waals surface area contributed by atoms with Crippen LogP contribution in [-0.4, -0.2) is 28.7 Å². The molecule has 1 aromatic heterocycles. The summed E-state index contributed by atoms with van der Waals surface area (Å²) in [5.41, 5.74) is 0.957. The van der Waals surface area contributed by atoms with Gasteiger partial charge in [-0.05, 0) is 32.5 Å². The topological polar surface area (TPSA) is 51.4 Å². The molecule has 0 spiro atoms. The second kappa shape index (κ2) is 7.92. The highest BCUT2D eigenvalue weighted by molar-refractivity contribution is 6.42. The zero-order chi connectivity index (χ0) is 16.1. The minimum atomic E-state index is -0.171. The van der Waals surface area contributed by atoms with Crippen molar-refractivity contribution < 1.29 is 9.26 Å². The maximum absolute atomic E-state index is 6.19. The molecule has 2 aromatic rings. The molecule has 5 nitrogen and oxygen atoms in total. The van der Waals surface area contributed by atoms with Crippen molar-refractivity contribution in [2.75, 3.05) is 13.7 Å². The van der Waals surface area contributed by atoms with Crippen molar-refractivity contribution in [2.24, 2.45) is 0 Å². The lowest BCUT2D eigenvalue weighted by Crippen LogP contribution is -2.17. The lowest BCUT2D eigenvalue weighted by molar-refractivity contribution is 0.0683. The molecule has 0 amide bonds. The lowest BCUT2D eigenvalue weighted by Gasteiger charge is -2.15. The fourth-order valence-corrected chi connectivity index (χ4v) is 2.45. The second-order valence-corrected chi connectivity index (χ2v) is 5.81. The second-order valence-electron chi connectivity index (χ2n) is 5.03. The van der Waals surface area contributed by atoms with Crippen LogP contribution in [0.1, 0.15) is 37.2 Å². The summed E-state index contributed by atoms with van der Waals surface area (Å²) in [6.07, 6.45) is -0.171. The average molecular weight is 344 g/mol. The van der Waals surface area contributed by atoms with Gasteiger partial charge in [0.1, 0.15) is 6.10 Å². The van der Waals surface area contributed by atoms with Gasteiger partial charge in [0, 0.05) is 13.2 Å². The van der Waals surface area contributed by atoms with Gasteiger partial charge in [-0.2, -0.15) is 4.98 Å². The third-order valence-electron chi connectivity index (χ3n) is 3.14. The zero-order valence-electron chi connectivity index (χ0n) is 12.8. The summed E-state index contributed by atoms with van der Waals surface area (Å²) >= 11 is 12.2. The standard InChI is InChI=1S/C15H19Cl2N3O2/c1-4-21-10(2)15-18-13(22-19-15)9-20(3)8-11-6-5-7-12(16)14(11)17/h5-7,10H,4,8-9H2,1-3H3/t10-/m0/s1. The van der Waals surface area contributed by atoms with E-state index in [-0.39, 0.29) is 6.10 Å². The quantitative estimate of drug-likeness (QED) is 0.757. The molecule has 2 rings (SSSR count). The summed E-state index contributed by atoms with van der Waals surface area (Å²) in [5.74, 6) is 1.10. The average Bonchev–Trinajstić information content (AvgIpc) is 2.92. The molecule has 120 valence electrons. The Labute approximate surface area is 140 Å². The van der Waals surface area contributed by atoms with E-state index in [2.05, 4.69) is 10.1 Å². The minimum Gasteiger partial charge on any atom is -0.371 e. The van der Waals surface area contributed by atoms with Crippen LogP contribution in [0.2, 0.25) is 10.0 Å². The molecule has 0 N–H and O–H groups in total. The number of rotatable bonds is 7. The normalized spacial score (nSPS) is 12.8. The van der Waals surface area contributed by atoms with Crippen molar-refractivity contribution >= 4 is 23.2 Å². The predicted molar refractivity (Wildman–Crippen MR) is 86.0 cm³/mol. The fraction of sp³-hybridized carbons (Fsp3) is 0.467. The Hall–Kier alpha value is -1.14. The molecule has 1 aromatic carbocycles. The molecule has 0 aliphatic heterocycles. The van der Waals surface area contributed by atoms with E-state index in [0.29, 0.717) is 41.5 Å². The van der Waals surface area contributed by atoms with Crippen LogP contribution >= 0.6 is 23.2 Å². The summed E-state index contributed by atoms with van der Waals surface area (Å²) < 4.78 is 10.7. The highest BCUT2D eigenvalue weighted by atomic mass is 35.5.